The molecule has 132 valence electrons. The Kier molecular flexibility index (Phi) is 12.6. The van der Waals surface area contributed by atoms with Crippen molar-refractivity contribution in [1.29, 1.82) is 0 Å². The van der Waals surface area contributed by atoms with Crippen molar-refractivity contribution >= 4 is 5.97 Å². The van der Waals surface area contributed by atoms with Crippen LogP contribution in [0.25, 0.3) is 0 Å². The van der Waals surface area contributed by atoms with E-state index in [1.54, 1.807) is 0 Å². The fraction of sp³-hybridized carbons (Fsp3) is 0.947. The fourth-order valence-corrected chi connectivity index (χ4v) is 2.75. The fourth-order valence-electron chi connectivity index (χ4n) is 2.75. The summed E-state index contributed by atoms with van der Waals surface area (Å²) < 4.78 is 5.23. The second kappa shape index (κ2) is 12.9. The SMILES string of the molecule is CCCCCCCCCCCCC(C)(C(=O)OCC)N(C)C. The molecule has 0 aliphatic rings. The molecule has 1 unspecified atom stereocenters. The lowest BCUT2D eigenvalue weighted by Gasteiger charge is -2.34. The first kappa shape index (κ1) is 21.4. The second-order valence-electron chi connectivity index (χ2n) is 6.82. The van der Waals surface area contributed by atoms with Gasteiger partial charge in [-0.25, -0.2) is 0 Å². The molecule has 0 heterocycles. The van der Waals surface area contributed by atoms with Crippen LogP contribution in [0, 0.1) is 0 Å². The number of unbranched alkanes of at least 4 members (excludes halogenated alkanes) is 9. The number of rotatable bonds is 14. The molecule has 0 aliphatic carbocycles. The zero-order valence-electron chi connectivity index (χ0n) is 15.7. The van der Waals surface area contributed by atoms with Crippen LogP contribution >= 0.6 is 0 Å². The van der Waals surface area contributed by atoms with Gasteiger partial charge >= 0.3 is 5.97 Å². The molecule has 0 N–H and O–H groups in total. The number of likely N-dealkylation sites (N-methyl/N-ethyl adjacent to an activating group) is 1. The first-order chi connectivity index (χ1) is 10.5. The van der Waals surface area contributed by atoms with Crippen molar-refractivity contribution in [3.8, 4) is 0 Å². The Morgan fingerprint density at radius 3 is 1.73 bits per heavy atom. The number of carbonyl (C=O) groups excluding carboxylic acids is 1. The molecule has 0 fully saturated rings. The van der Waals surface area contributed by atoms with E-state index in [1.807, 2.05) is 32.8 Å². The van der Waals surface area contributed by atoms with E-state index in [0.717, 1.165) is 12.8 Å². The molecule has 0 saturated carbocycles. The lowest BCUT2D eigenvalue weighted by Crippen LogP contribution is -2.49. The van der Waals surface area contributed by atoms with E-state index >= 15 is 0 Å². The van der Waals surface area contributed by atoms with Crippen LogP contribution in [0.5, 0.6) is 0 Å². The van der Waals surface area contributed by atoms with Gasteiger partial charge in [-0.05, 0) is 34.4 Å². The molecule has 0 aliphatic heterocycles. The third-order valence-electron chi connectivity index (χ3n) is 4.72. The monoisotopic (exact) mass is 313 g/mol. The van der Waals surface area contributed by atoms with Gasteiger partial charge in [0, 0.05) is 0 Å². The molecule has 0 radical (unpaired) electrons. The van der Waals surface area contributed by atoms with E-state index < -0.39 is 5.54 Å². The molecule has 0 aromatic heterocycles. The van der Waals surface area contributed by atoms with Crippen LogP contribution in [0.4, 0.5) is 0 Å². The van der Waals surface area contributed by atoms with Gasteiger partial charge < -0.3 is 4.74 Å². The standard InChI is InChI=1S/C19H39NO2/c1-6-8-9-10-11-12-13-14-15-16-17-19(3,20(4)5)18(21)22-7-2/h6-17H2,1-5H3. The highest BCUT2D eigenvalue weighted by molar-refractivity contribution is 5.80. The minimum atomic E-state index is -0.476. The smallest absolute Gasteiger partial charge is 0.326 e. The number of hydrogen-bond donors (Lipinski definition) is 0. The van der Waals surface area contributed by atoms with Crippen molar-refractivity contribution in [3.05, 3.63) is 0 Å². The molecule has 0 aromatic carbocycles. The largest absolute Gasteiger partial charge is 0.465 e. The first-order valence-corrected chi connectivity index (χ1v) is 9.33. The molecule has 0 amide bonds. The number of esters is 1. The first-order valence-electron chi connectivity index (χ1n) is 9.33. The summed E-state index contributed by atoms with van der Waals surface area (Å²) in [6.07, 6.45) is 14.1. The van der Waals surface area contributed by atoms with Crippen LogP contribution < -0.4 is 0 Å². The van der Waals surface area contributed by atoms with Crippen molar-refractivity contribution in [2.24, 2.45) is 0 Å². The van der Waals surface area contributed by atoms with Crippen LogP contribution in [0.2, 0.25) is 0 Å². The Balaban J connectivity index is 3.76. The summed E-state index contributed by atoms with van der Waals surface area (Å²) in [5.74, 6) is -0.0871. The summed E-state index contributed by atoms with van der Waals surface area (Å²) in [5.41, 5.74) is -0.476. The predicted molar refractivity (Wildman–Crippen MR) is 95.2 cm³/mol. The van der Waals surface area contributed by atoms with Gasteiger partial charge in [-0.3, -0.25) is 9.69 Å². The van der Waals surface area contributed by atoms with E-state index in [2.05, 4.69) is 6.92 Å². The Bertz CT molecular complexity index is 279. The highest BCUT2D eigenvalue weighted by Crippen LogP contribution is 2.22. The molecule has 0 aromatic rings. The van der Waals surface area contributed by atoms with E-state index in [0.29, 0.717) is 6.61 Å². The second-order valence-corrected chi connectivity index (χ2v) is 6.82. The maximum atomic E-state index is 12.1. The lowest BCUT2D eigenvalue weighted by molar-refractivity contribution is -0.155. The van der Waals surface area contributed by atoms with Gasteiger partial charge in [0.1, 0.15) is 5.54 Å². The third kappa shape index (κ3) is 8.77. The lowest BCUT2D eigenvalue weighted by atomic mass is 9.92. The number of carbonyl (C=O) groups is 1. The van der Waals surface area contributed by atoms with Crippen molar-refractivity contribution in [2.75, 3.05) is 20.7 Å². The van der Waals surface area contributed by atoms with E-state index in [1.165, 1.54) is 57.8 Å². The summed E-state index contributed by atoms with van der Waals surface area (Å²) in [7, 11) is 3.93. The summed E-state index contributed by atoms with van der Waals surface area (Å²) in [5, 5.41) is 0. The molecule has 0 spiro atoms. The van der Waals surface area contributed by atoms with Gasteiger partial charge in [-0.15, -0.1) is 0 Å². The van der Waals surface area contributed by atoms with Gasteiger partial charge in [0.15, 0.2) is 0 Å². The normalized spacial score (nSPS) is 14.1. The van der Waals surface area contributed by atoms with Crippen molar-refractivity contribution in [2.45, 2.75) is 96.9 Å². The van der Waals surface area contributed by atoms with Crippen molar-refractivity contribution < 1.29 is 9.53 Å². The number of ether oxygens (including phenoxy) is 1. The zero-order chi connectivity index (χ0) is 16.8. The Labute approximate surface area is 138 Å². The molecule has 1 atom stereocenters. The maximum absolute atomic E-state index is 12.1. The van der Waals surface area contributed by atoms with Crippen LogP contribution in [0.15, 0.2) is 0 Å². The van der Waals surface area contributed by atoms with Gasteiger partial charge in [0.05, 0.1) is 6.61 Å². The maximum Gasteiger partial charge on any atom is 0.326 e. The molecular weight excluding hydrogens is 274 g/mol. The average Bonchev–Trinajstić information content (AvgIpc) is 2.48. The Morgan fingerprint density at radius 2 is 1.32 bits per heavy atom. The minimum Gasteiger partial charge on any atom is -0.465 e. The molecular formula is C19H39NO2. The van der Waals surface area contributed by atoms with Crippen LogP contribution in [0.3, 0.4) is 0 Å². The quantitative estimate of drug-likeness (QED) is 0.327. The predicted octanol–water partition coefficient (Wildman–Crippen LogP) is 5.18. The topological polar surface area (TPSA) is 29.5 Å². The number of nitrogens with zero attached hydrogens (tertiary/aromatic N) is 1. The molecule has 3 heteroatoms. The van der Waals surface area contributed by atoms with Crippen LogP contribution in [-0.4, -0.2) is 37.1 Å². The number of hydrogen-bond acceptors (Lipinski definition) is 3. The molecule has 0 saturated heterocycles. The molecule has 0 rings (SSSR count). The van der Waals surface area contributed by atoms with Gasteiger partial charge in [-0.2, -0.15) is 0 Å². The summed E-state index contributed by atoms with van der Waals surface area (Å²) in [4.78, 5) is 14.1. The van der Waals surface area contributed by atoms with E-state index in [4.69, 9.17) is 4.74 Å². The van der Waals surface area contributed by atoms with Crippen LogP contribution in [-0.2, 0) is 9.53 Å². The molecule has 0 bridgehead atoms. The third-order valence-corrected chi connectivity index (χ3v) is 4.72. The van der Waals surface area contributed by atoms with Gasteiger partial charge in [0.25, 0.3) is 0 Å². The van der Waals surface area contributed by atoms with Gasteiger partial charge in [0.2, 0.25) is 0 Å². The summed E-state index contributed by atoms with van der Waals surface area (Å²) in [6.45, 7) is 6.59. The van der Waals surface area contributed by atoms with Crippen molar-refractivity contribution in [1.82, 2.24) is 4.90 Å². The average molecular weight is 314 g/mol. The molecule has 22 heavy (non-hydrogen) atoms. The Hall–Kier alpha value is -0.570. The highest BCUT2D eigenvalue weighted by Gasteiger charge is 2.36. The van der Waals surface area contributed by atoms with Crippen molar-refractivity contribution in [3.63, 3.8) is 0 Å². The summed E-state index contributed by atoms with van der Waals surface area (Å²) >= 11 is 0. The molecule has 3 nitrogen and oxygen atoms in total. The summed E-state index contributed by atoms with van der Waals surface area (Å²) in [6, 6.07) is 0. The highest BCUT2D eigenvalue weighted by atomic mass is 16.5. The van der Waals surface area contributed by atoms with Gasteiger partial charge in [-0.1, -0.05) is 71.1 Å². The van der Waals surface area contributed by atoms with E-state index in [9.17, 15) is 4.79 Å². The Morgan fingerprint density at radius 1 is 0.864 bits per heavy atom. The zero-order valence-corrected chi connectivity index (χ0v) is 15.7. The van der Waals surface area contributed by atoms with E-state index in [-0.39, 0.29) is 5.97 Å². The minimum absolute atomic E-state index is 0.0871. The van der Waals surface area contributed by atoms with Crippen LogP contribution in [0.1, 0.15) is 91.4 Å².